The fraction of sp³-hybridized carbons (Fsp3) is 0.611. The number of aliphatic hydroxyl groups excluding tert-OH is 1. The summed E-state index contributed by atoms with van der Waals surface area (Å²) in [6.45, 7) is 0.411. The van der Waals surface area contributed by atoms with Gasteiger partial charge >= 0.3 is 0 Å². The lowest BCUT2D eigenvalue weighted by atomic mass is 9.98. The molecule has 0 bridgehead atoms. The second-order valence-electron chi connectivity index (χ2n) is 7.04. The van der Waals surface area contributed by atoms with Gasteiger partial charge in [0.05, 0.1) is 12.6 Å². The van der Waals surface area contributed by atoms with Crippen LogP contribution in [0.25, 0.3) is 0 Å². The molecule has 0 aromatic carbocycles. The quantitative estimate of drug-likeness (QED) is 0.625. The van der Waals surface area contributed by atoms with Crippen LogP contribution < -0.4 is 16.2 Å². The molecule has 3 rings (SSSR count). The topological polar surface area (TPSA) is 100 Å². The first-order valence-corrected chi connectivity index (χ1v) is 8.94. The first-order chi connectivity index (χ1) is 12.1. The van der Waals surface area contributed by atoms with Gasteiger partial charge in [-0.2, -0.15) is 0 Å². The zero-order chi connectivity index (χ0) is 17.8. The molecule has 2 fully saturated rings. The molecule has 7 heteroatoms. The van der Waals surface area contributed by atoms with Gasteiger partial charge in [-0.05, 0) is 31.2 Å². The van der Waals surface area contributed by atoms with Crippen molar-refractivity contribution in [1.82, 2.24) is 15.2 Å². The van der Waals surface area contributed by atoms with Gasteiger partial charge in [-0.1, -0.05) is 18.9 Å². The van der Waals surface area contributed by atoms with Crippen LogP contribution in [0.3, 0.4) is 0 Å². The average Bonchev–Trinajstić information content (AvgIpc) is 3.34. The van der Waals surface area contributed by atoms with E-state index in [4.69, 9.17) is 0 Å². The number of carbonyl (C=O) groups excluding carboxylic acids is 2. The predicted octanol–water partition coefficient (Wildman–Crippen LogP) is 0.193. The third kappa shape index (κ3) is 4.48. The highest BCUT2D eigenvalue weighted by atomic mass is 16.3. The number of nitrogens with zero attached hydrogens (tertiary/aromatic N) is 1. The van der Waals surface area contributed by atoms with Crippen LogP contribution in [0.1, 0.15) is 38.1 Å². The Morgan fingerprint density at radius 2 is 2.08 bits per heavy atom. The van der Waals surface area contributed by atoms with E-state index in [1.807, 2.05) is 0 Å². The fourth-order valence-corrected chi connectivity index (χ4v) is 3.40. The summed E-state index contributed by atoms with van der Waals surface area (Å²) in [6.07, 6.45) is 5.54. The average molecular weight is 347 g/mol. The van der Waals surface area contributed by atoms with Gasteiger partial charge in [0.1, 0.15) is 6.04 Å². The van der Waals surface area contributed by atoms with E-state index in [0.717, 1.165) is 19.3 Å². The van der Waals surface area contributed by atoms with Crippen molar-refractivity contribution in [2.24, 2.45) is 11.8 Å². The second kappa shape index (κ2) is 7.82. The molecule has 3 atom stereocenters. The molecule has 1 aromatic heterocycles. The molecular weight excluding hydrogens is 322 g/mol. The third-order valence-corrected chi connectivity index (χ3v) is 5.04. The minimum Gasteiger partial charge on any atom is -0.394 e. The molecule has 1 aliphatic carbocycles. The van der Waals surface area contributed by atoms with Gasteiger partial charge in [0, 0.05) is 24.7 Å². The van der Waals surface area contributed by atoms with Crippen LogP contribution in [0.2, 0.25) is 0 Å². The molecule has 1 aromatic rings. The van der Waals surface area contributed by atoms with E-state index in [2.05, 4.69) is 10.6 Å². The van der Waals surface area contributed by atoms with E-state index < -0.39 is 12.1 Å². The fourth-order valence-electron chi connectivity index (χ4n) is 3.40. The molecule has 25 heavy (non-hydrogen) atoms. The summed E-state index contributed by atoms with van der Waals surface area (Å²) in [5.41, 5.74) is -0.209. The SMILES string of the molecule is O=C(N[C@H](CO)C[C@@H]1CCNC1=O)C(CC1CC1)n1ccccc1=O. The highest BCUT2D eigenvalue weighted by Crippen LogP contribution is 2.36. The van der Waals surface area contributed by atoms with Crippen molar-refractivity contribution >= 4 is 11.8 Å². The van der Waals surface area contributed by atoms with Crippen LogP contribution in [-0.2, 0) is 9.59 Å². The first-order valence-electron chi connectivity index (χ1n) is 8.94. The summed E-state index contributed by atoms with van der Waals surface area (Å²) in [7, 11) is 0. The number of rotatable bonds is 8. The Bertz CT molecular complexity index is 683. The van der Waals surface area contributed by atoms with Crippen molar-refractivity contribution in [2.75, 3.05) is 13.2 Å². The lowest BCUT2D eigenvalue weighted by molar-refractivity contribution is -0.127. The summed E-state index contributed by atoms with van der Waals surface area (Å²) in [5.74, 6) is -0.00557. The summed E-state index contributed by atoms with van der Waals surface area (Å²) < 4.78 is 1.46. The van der Waals surface area contributed by atoms with Gasteiger partial charge < -0.3 is 20.3 Å². The number of aromatic nitrogens is 1. The summed E-state index contributed by atoms with van der Waals surface area (Å²) in [6, 6.07) is 3.77. The Morgan fingerprint density at radius 1 is 1.28 bits per heavy atom. The monoisotopic (exact) mass is 347 g/mol. The first kappa shape index (κ1) is 17.7. The molecule has 2 amide bonds. The Hall–Kier alpha value is -2.15. The minimum absolute atomic E-state index is 0.0264. The molecule has 1 aliphatic heterocycles. The highest BCUT2D eigenvalue weighted by molar-refractivity contribution is 5.82. The maximum atomic E-state index is 12.8. The number of aliphatic hydroxyl groups is 1. The van der Waals surface area contributed by atoms with E-state index in [9.17, 15) is 19.5 Å². The zero-order valence-electron chi connectivity index (χ0n) is 14.2. The van der Waals surface area contributed by atoms with Crippen molar-refractivity contribution in [2.45, 2.75) is 44.2 Å². The van der Waals surface area contributed by atoms with Crippen LogP contribution in [0.15, 0.2) is 29.2 Å². The van der Waals surface area contributed by atoms with E-state index in [1.54, 1.807) is 18.3 Å². The van der Waals surface area contributed by atoms with E-state index >= 15 is 0 Å². The Morgan fingerprint density at radius 3 is 2.68 bits per heavy atom. The van der Waals surface area contributed by atoms with Crippen LogP contribution in [0.5, 0.6) is 0 Å². The van der Waals surface area contributed by atoms with E-state index in [1.165, 1.54) is 10.6 Å². The maximum Gasteiger partial charge on any atom is 0.251 e. The Labute approximate surface area is 146 Å². The summed E-state index contributed by atoms with van der Waals surface area (Å²) in [5, 5.41) is 15.2. The van der Waals surface area contributed by atoms with Gasteiger partial charge in [0.15, 0.2) is 0 Å². The molecule has 2 heterocycles. The van der Waals surface area contributed by atoms with E-state index in [0.29, 0.717) is 25.3 Å². The largest absolute Gasteiger partial charge is 0.394 e. The molecule has 1 unspecified atom stereocenters. The van der Waals surface area contributed by atoms with Gasteiger partial charge in [0.2, 0.25) is 11.8 Å². The Balaban J connectivity index is 1.69. The predicted molar refractivity (Wildman–Crippen MR) is 91.8 cm³/mol. The molecule has 0 radical (unpaired) electrons. The molecule has 3 N–H and O–H groups in total. The van der Waals surface area contributed by atoms with Crippen LogP contribution in [0, 0.1) is 11.8 Å². The number of carbonyl (C=O) groups is 2. The Kier molecular flexibility index (Phi) is 5.53. The number of hydrogen-bond acceptors (Lipinski definition) is 4. The maximum absolute atomic E-state index is 12.8. The number of hydrogen-bond donors (Lipinski definition) is 3. The second-order valence-corrected chi connectivity index (χ2v) is 7.04. The van der Waals surface area contributed by atoms with Crippen molar-refractivity contribution < 1.29 is 14.7 Å². The molecular formula is C18H25N3O4. The molecule has 7 nitrogen and oxygen atoms in total. The van der Waals surface area contributed by atoms with Crippen LogP contribution >= 0.6 is 0 Å². The molecule has 1 saturated carbocycles. The van der Waals surface area contributed by atoms with Gasteiger partial charge in [-0.3, -0.25) is 14.4 Å². The normalized spacial score (nSPS) is 22.3. The molecule has 1 saturated heterocycles. The highest BCUT2D eigenvalue weighted by Gasteiger charge is 2.33. The standard InChI is InChI=1S/C18H25N3O4/c22-11-14(10-13-6-7-19-17(13)24)20-18(25)15(9-12-4-5-12)21-8-2-1-3-16(21)23/h1-3,8,12-15,22H,4-7,9-11H2,(H,19,24)(H,20,25)/t13-,14-,15?/m0/s1. The molecule has 136 valence electrons. The lowest BCUT2D eigenvalue weighted by Gasteiger charge is -2.24. The third-order valence-electron chi connectivity index (χ3n) is 5.04. The van der Waals surface area contributed by atoms with Crippen molar-refractivity contribution in [3.8, 4) is 0 Å². The smallest absolute Gasteiger partial charge is 0.251 e. The number of pyridine rings is 1. The van der Waals surface area contributed by atoms with Crippen LogP contribution in [-0.4, -0.2) is 40.7 Å². The van der Waals surface area contributed by atoms with Crippen molar-refractivity contribution in [1.29, 1.82) is 0 Å². The zero-order valence-corrected chi connectivity index (χ0v) is 14.2. The summed E-state index contributed by atoms with van der Waals surface area (Å²) >= 11 is 0. The van der Waals surface area contributed by atoms with Crippen LogP contribution in [0.4, 0.5) is 0 Å². The van der Waals surface area contributed by atoms with Gasteiger partial charge in [-0.25, -0.2) is 0 Å². The van der Waals surface area contributed by atoms with Crippen molar-refractivity contribution in [3.63, 3.8) is 0 Å². The minimum atomic E-state index is -0.576. The molecule has 0 spiro atoms. The van der Waals surface area contributed by atoms with Gasteiger partial charge in [-0.15, -0.1) is 0 Å². The lowest BCUT2D eigenvalue weighted by Crippen LogP contribution is -2.45. The van der Waals surface area contributed by atoms with E-state index in [-0.39, 0.29) is 29.9 Å². The van der Waals surface area contributed by atoms with Gasteiger partial charge in [0.25, 0.3) is 5.56 Å². The number of amides is 2. The summed E-state index contributed by atoms with van der Waals surface area (Å²) in [4.78, 5) is 36.6. The number of nitrogens with one attached hydrogen (secondary N) is 2. The van der Waals surface area contributed by atoms with Crippen molar-refractivity contribution in [3.05, 3.63) is 34.7 Å². The molecule has 2 aliphatic rings.